The van der Waals surface area contributed by atoms with Crippen molar-refractivity contribution in [2.45, 2.75) is 38.5 Å². The molecule has 1 heteroatoms. The van der Waals surface area contributed by atoms with Gasteiger partial charge in [-0.3, -0.25) is 4.79 Å². The predicted molar refractivity (Wildman–Crippen MR) is 39.7 cm³/mol. The standard InChI is InChI=1S/C9H14O/c10-9-6-7-4-2-1-3-5-8(7)9/h7-8H,1-6H2/t7-,8+/m1/s1. The van der Waals surface area contributed by atoms with E-state index in [4.69, 9.17) is 0 Å². The summed E-state index contributed by atoms with van der Waals surface area (Å²) in [7, 11) is 0. The van der Waals surface area contributed by atoms with Crippen LogP contribution in [0, 0.1) is 11.8 Å². The van der Waals surface area contributed by atoms with E-state index in [1.165, 1.54) is 32.1 Å². The maximum atomic E-state index is 11.0. The van der Waals surface area contributed by atoms with Gasteiger partial charge in [0, 0.05) is 12.3 Å². The van der Waals surface area contributed by atoms with Gasteiger partial charge < -0.3 is 0 Å². The molecule has 0 aliphatic heterocycles. The second kappa shape index (κ2) is 2.37. The SMILES string of the molecule is O=C1C[C@H]2CCCCC[C@H]12. The molecule has 0 spiro atoms. The maximum absolute atomic E-state index is 11.0. The van der Waals surface area contributed by atoms with Crippen molar-refractivity contribution >= 4 is 5.78 Å². The number of hydrogen-bond donors (Lipinski definition) is 0. The number of carbonyl (C=O) groups is 1. The second-order valence-electron chi connectivity index (χ2n) is 3.68. The summed E-state index contributed by atoms with van der Waals surface area (Å²) in [6.45, 7) is 0. The van der Waals surface area contributed by atoms with Crippen LogP contribution in [0.5, 0.6) is 0 Å². The highest BCUT2D eigenvalue weighted by Crippen LogP contribution is 2.40. The van der Waals surface area contributed by atoms with Crippen LogP contribution < -0.4 is 0 Å². The van der Waals surface area contributed by atoms with E-state index in [-0.39, 0.29) is 0 Å². The van der Waals surface area contributed by atoms with E-state index in [1.54, 1.807) is 0 Å². The van der Waals surface area contributed by atoms with Gasteiger partial charge in [-0.1, -0.05) is 19.3 Å². The molecule has 56 valence electrons. The predicted octanol–water partition coefficient (Wildman–Crippen LogP) is 2.16. The molecule has 0 amide bonds. The molecule has 2 atom stereocenters. The van der Waals surface area contributed by atoms with Crippen molar-refractivity contribution in [1.29, 1.82) is 0 Å². The van der Waals surface area contributed by atoms with Gasteiger partial charge in [-0.2, -0.15) is 0 Å². The molecule has 0 aromatic carbocycles. The van der Waals surface area contributed by atoms with Crippen LogP contribution in [0.15, 0.2) is 0 Å². The molecule has 0 saturated heterocycles. The second-order valence-corrected chi connectivity index (χ2v) is 3.68. The lowest BCUT2D eigenvalue weighted by molar-refractivity contribution is -0.134. The van der Waals surface area contributed by atoms with E-state index in [2.05, 4.69) is 0 Å². The summed E-state index contributed by atoms with van der Waals surface area (Å²) in [6, 6.07) is 0. The Balaban J connectivity index is 1.99. The quantitative estimate of drug-likeness (QED) is 0.501. The third-order valence-electron chi connectivity index (χ3n) is 3.04. The summed E-state index contributed by atoms with van der Waals surface area (Å²) in [5.74, 6) is 1.85. The topological polar surface area (TPSA) is 17.1 Å². The molecule has 2 aliphatic carbocycles. The van der Waals surface area contributed by atoms with Crippen molar-refractivity contribution in [1.82, 2.24) is 0 Å². The Morgan fingerprint density at radius 3 is 2.70 bits per heavy atom. The molecule has 0 aromatic rings. The molecule has 2 fully saturated rings. The van der Waals surface area contributed by atoms with E-state index < -0.39 is 0 Å². The Hall–Kier alpha value is -0.330. The average molecular weight is 138 g/mol. The number of fused-ring (bicyclic) bond motifs is 1. The number of hydrogen-bond acceptors (Lipinski definition) is 1. The van der Waals surface area contributed by atoms with Gasteiger partial charge in [-0.25, -0.2) is 0 Å². The summed E-state index contributed by atoms with van der Waals surface area (Å²) in [4.78, 5) is 11.0. The number of rotatable bonds is 0. The zero-order valence-corrected chi connectivity index (χ0v) is 6.31. The molecule has 0 heterocycles. The van der Waals surface area contributed by atoms with Crippen LogP contribution in [0.2, 0.25) is 0 Å². The van der Waals surface area contributed by atoms with Gasteiger partial charge >= 0.3 is 0 Å². The van der Waals surface area contributed by atoms with E-state index in [9.17, 15) is 4.79 Å². The van der Waals surface area contributed by atoms with E-state index in [0.717, 1.165) is 12.3 Å². The fourth-order valence-electron chi connectivity index (χ4n) is 2.30. The van der Waals surface area contributed by atoms with Crippen LogP contribution in [0.3, 0.4) is 0 Å². The van der Waals surface area contributed by atoms with E-state index >= 15 is 0 Å². The van der Waals surface area contributed by atoms with Crippen molar-refractivity contribution < 1.29 is 4.79 Å². The van der Waals surface area contributed by atoms with Crippen LogP contribution >= 0.6 is 0 Å². The third-order valence-corrected chi connectivity index (χ3v) is 3.04. The molecular weight excluding hydrogens is 124 g/mol. The van der Waals surface area contributed by atoms with Crippen molar-refractivity contribution in [2.24, 2.45) is 11.8 Å². The minimum Gasteiger partial charge on any atom is -0.299 e. The monoisotopic (exact) mass is 138 g/mol. The van der Waals surface area contributed by atoms with E-state index in [0.29, 0.717) is 11.7 Å². The van der Waals surface area contributed by atoms with Crippen LogP contribution in [0.25, 0.3) is 0 Å². The molecule has 2 rings (SSSR count). The van der Waals surface area contributed by atoms with Crippen molar-refractivity contribution in [3.05, 3.63) is 0 Å². The first-order chi connectivity index (χ1) is 4.88. The zero-order chi connectivity index (χ0) is 6.97. The fraction of sp³-hybridized carbons (Fsp3) is 0.889. The Morgan fingerprint density at radius 1 is 1.10 bits per heavy atom. The zero-order valence-electron chi connectivity index (χ0n) is 6.31. The molecule has 10 heavy (non-hydrogen) atoms. The van der Waals surface area contributed by atoms with Gasteiger partial charge in [0.25, 0.3) is 0 Å². The van der Waals surface area contributed by atoms with Crippen LogP contribution in [-0.4, -0.2) is 5.78 Å². The minimum atomic E-state index is 0.502. The molecule has 0 N–H and O–H groups in total. The minimum absolute atomic E-state index is 0.502. The normalized spacial score (nSPS) is 39.8. The van der Waals surface area contributed by atoms with Crippen LogP contribution in [-0.2, 0) is 4.79 Å². The van der Waals surface area contributed by atoms with Crippen LogP contribution in [0.4, 0.5) is 0 Å². The lowest BCUT2D eigenvalue weighted by Gasteiger charge is -2.33. The first-order valence-corrected chi connectivity index (χ1v) is 4.40. The molecule has 0 bridgehead atoms. The van der Waals surface area contributed by atoms with Crippen molar-refractivity contribution in [2.75, 3.05) is 0 Å². The highest BCUT2D eigenvalue weighted by Gasteiger charge is 2.39. The summed E-state index contributed by atoms with van der Waals surface area (Å²) < 4.78 is 0. The lowest BCUT2D eigenvalue weighted by Crippen LogP contribution is -2.35. The maximum Gasteiger partial charge on any atom is 0.136 e. The van der Waals surface area contributed by atoms with Crippen molar-refractivity contribution in [3.8, 4) is 0 Å². The van der Waals surface area contributed by atoms with Crippen LogP contribution in [0.1, 0.15) is 38.5 Å². The van der Waals surface area contributed by atoms with E-state index in [1.807, 2.05) is 0 Å². The Labute approximate surface area is 61.8 Å². The van der Waals surface area contributed by atoms with Gasteiger partial charge in [0.15, 0.2) is 0 Å². The fourth-order valence-corrected chi connectivity index (χ4v) is 2.30. The summed E-state index contributed by atoms with van der Waals surface area (Å²) in [6.07, 6.45) is 7.46. The molecule has 2 aliphatic rings. The molecule has 0 radical (unpaired) electrons. The number of ketones is 1. The number of Topliss-reactive ketones (excluding diaryl/α,β-unsaturated/α-hetero) is 1. The molecular formula is C9H14O. The highest BCUT2D eigenvalue weighted by atomic mass is 16.1. The first-order valence-electron chi connectivity index (χ1n) is 4.40. The molecule has 0 unspecified atom stereocenters. The van der Waals surface area contributed by atoms with Gasteiger partial charge in [0.1, 0.15) is 5.78 Å². The molecule has 2 saturated carbocycles. The lowest BCUT2D eigenvalue weighted by atomic mass is 9.70. The Bertz CT molecular complexity index is 151. The highest BCUT2D eigenvalue weighted by molar-refractivity contribution is 5.87. The van der Waals surface area contributed by atoms with Gasteiger partial charge in [-0.05, 0) is 18.8 Å². The number of carbonyl (C=O) groups excluding carboxylic acids is 1. The largest absolute Gasteiger partial charge is 0.299 e. The third kappa shape index (κ3) is 0.882. The van der Waals surface area contributed by atoms with Gasteiger partial charge in [0.05, 0.1) is 0 Å². The van der Waals surface area contributed by atoms with Crippen molar-refractivity contribution in [3.63, 3.8) is 0 Å². The summed E-state index contributed by atoms with van der Waals surface area (Å²) >= 11 is 0. The molecule has 0 aromatic heterocycles. The van der Waals surface area contributed by atoms with Gasteiger partial charge in [-0.15, -0.1) is 0 Å². The Morgan fingerprint density at radius 2 is 1.90 bits per heavy atom. The Kier molecular flexibility index (Phi) is 1.51. The van der Waals surface area contributed by atoms with Gasteiger partial charge in [0.2, 0.25) is 0 Å². The molecule has 1 nitrogen and oxygen atoms in total. The summed E-state index contributed by atoms with van der Waals surface area (Å²) in [5, 5.41) is 0. The summed E-state index contributed by atoms with van der Waals surface area (Å²) in [5.41, 5.74) is 0. The smallest absolute Gasteiger partial charge is 0.136 e. The first kappa shape index (κ1) is 6.38. The average Bonchev–Trinajstić information content (AvgIpc) is 2.09.